The number of aromatic carboxylic acids is 1. The molecule has 8 heteroatoms. The number of hydrogen-bond acceptors (Lipinski definition) is 4. The van der Waals surface area contributed by atoms with Crippen LogP contribution in [0.4, 0.5) is 19.0 Å². The van der Waals surface area contributed by atoms with Crippen molar-refractivity contribution in [1.29, 1.82) is 0 Å². The molecule has 0 amide bonds. The summed E-state index contributed by atoms with van der Waals surface area (Å²) >= 11 is 0. The van der Waals surface area contributed by atoms with E-state index in [1.165, 1.54) is 24.3 Å². The van der Waals surface area contributed by atoms with Gasteiger partial charge in [0, 0.05) is 19.0 Å². The molecule has 0 aliphatic carbocycles. The van der Waals surface area contributed by atoms with Crippen molar-refractivity contribution >= 4 is 11.8 Å². The SMILES string of the molecule is Cc1cc(C(=O)O)nc(N2CC[C@H](COc3ccccc3C(F)(F)F)C2)c1. The highest BCUT2D eigenvalue weighted by Gasteiger charge is 2.34. The zero-order valence-electron chi connectivity index (χ0n) is 14.7. The normalized spacial score (nSPS) is 17.2. The quantitative estimate of drug-likeness (QED) is 0.849. The van der Waals surface area contributed by atoms with Crippen molar-refractivity contribution in [2.75, 3.05) is 24.6 Å². The summed E-state index contributed by atoms with van der Waals surface area (Å²) in [5.74, 6) is -0.680. The van der Waals surface area contributed by atoms with Gasteiger partial charge in [-0.2, -0.15) is 13.2 Å². The van der Waals surface area contributed by atoms with Gasteiger partial charge in [0.25, 0.3) is 0 Å². The van der Waals surface area contributed by atoms with Crippen molar-refractivity contribution < 1.29 is 27.8 Å². The van der Waals surface area contributed by atoms with Gasteiger partial charge in [-0.15, -0.1) is 0 Å². The maximum Gasteiger partial charge on any atom is 0.419 e. The third-order valence-electron chi connectivity index (χ3n) is 4.45. The van der Waals surface area contributed by atoms with Crippen LogP contribution < -0.4 is 9.64 Å². The molecule has 1 fully saturated rings. The Labute approximate surface area is 154 Å². The van der Waals surface area contributed by atoms with Gasteiger partial charge >= 0.3 is 12.1 Å². The second-order valence-electron chi connectivity index (χ2n) is 6.60. The molecule has 2 aromatic rings. The number of aryl methyl sites for hydroxylation is 1. The number of carbonyl (C=O) groups is 1. The number of ether oxygens (including phenoxy) is 1. The van der Waals surface area contributed by atoms with Crippen molar-refractivity contribution in [2.24, 2.45) is 5.92 Å². The molecule has 144 valence electrons. The molecule has 1 aromatic heterocycles. The van der Waals surface area contributed by atoms with Crippen LogP contribution in [0.5, 0.6) is 5.75 Å². The number of hydrogen-bond donors (Lipinski definition) is 1. The Morgan fingerprint density at radius 2 is 2.07 bits per heavy atom. The minimum Gasteiger partial charge on any atom is -0.493 e. The Morgan fingerprint density at radius 1 is 1.33 bits per heavy atom. The summed E-state index contributed by atoms with van der Waals surface area (Å²) in [7, 11) is 0. The minimum atomic E-state index is -4.46. The van der Waals surface area contributed by atoms with E-state index in [-0.39, 0.29) is 24.0 Å². The molecule has 1 aromatic carbocycles. The van der Waals surface area contributed by atoms with Gasteiger partial charge in [-0.25, -0.2) is 9.78 Å². The number of halogens is 3. The van der Waals surface area contributed by atoms with E-state index in [9.17, 15) is 18.0 Å². The van der Waals surface area contributed by atoms with Crippen molar-refractivity contribution in [2.45, 2.75) is 19.5 Å². The van der Waals surface area contributed by atoms with E-state index >= 15 is 0 Å². The lowest BCUT2D eigenvalue weighted by molar-refractivity contribution is -0.139. The first kappa shape index (κ1) is 19.0. The van der Waals surface area contributed by atoms with Crippen LogP contribution >= 0.6 is 0 Å². The van der Waals surface area contributed by atoms with Crippen LogP contribution in [-0.4, -0.2) is 35.8 Å². The first-order valence-corrected chi connectivity index (χ1v) is 8.50. The van der Waals surface area contributed by atoms with Gasteiger partial charge in [-0.1, -0.05) is 12.1 Å². The summed E-state index contributed by atoms with van der Waals surface area (Å²) in [6.07, 6.45) is -3.73. The summed E-state index contributed by atoms with van der Waals surface area (Å²) in [6.45, 7) is 3.14. The third-order valence-corrected chi connectivity index (χ3v) is 4.45. The molecule has 0 unspecified atom stereocenters. The number of carboxylic acid groups (broad SMARTS) is 1. The zero-order valence-corrected chi connectivity index (χ0v) is 14.7. The number of alkyl halides is 3. The van der Waals surface area contributed by atoms with Gasteiger partial charge in [-0.05, 0) is 43.2 Å². The number of aromatic nitrogens is 1. The smallest absolute Gasteiger partial charge is 0.419 e. The fourth-order valence-corrected chi connectivity index (χ4v) is 3.13. The Bertz CT molecular complexity index is 839. The van der Waals surface area contributed by atoms with Crippen LogP contribution in [0.1, 0.15) is 28.0 Å². The second kappa shape index (κ2) is 7.46. The Morgan fingerprint density at radius 3 is 2.78 bits per heavy atom. The number of nitrogens with zero attached hydrogens (tertiary/aromatic N) is 2. The number of pyridine rings is 1. The molecule has 0 spiro atoms. The molecule has 1 saturated heterocycles. The Balaban J connectivity index is 1.66. The van der Waals surface area contributed by atoms with E-state index in [1.807, 2.05) is 4.90 Å². The Kier molecular flexibility index (Phi) is 5.25. The van der Waals surface area contributed by atoms with Crippen molar-refractivity contribution in [3.63, 3.8) is 0 Å². The summed E-state index contributed by atoms with van der Waals surface area (Å²) in [5.41, 5.74) is -0.0219. The second-order valence-corrected chi connectivity index (χ2v) is 6.60. The van der Waals surface area contributed by atoms with Crippen LogP contribution in [-0.2, 0) is 6.18 Å². The first-order valence-electron chi connectivity index (χ1n) is 8.50. The monoisotopic (exact) mass is 380 g/mol. The predicted molar refractivity (Wildman–Crippen MR) is 93.2 cm³/mol. The molecular weight excluding hydrogens is 361 g/mol. The molecular formula is C19H19F3N2O3. The standard InChI is InChI=1S/C19H19F3N2O3/c1-12-8-15(18(25)26)23-17(9-12)24-7-6-13(10-24)11-27-16-5-3-2-4-14(16)19(20,21)22/h2-5,8-9,13H,6-7,10-11H2,1H3,(H,25,26)/t13-/m0/s1. The molecule has 1 aliphatic heterocycles. The summed E-state index contributed by atoms with van der Waals surface area (Å²) in [4.78, 5) is 17.2. The molecule has 5 nitrogen and oxygen atoms in total. The maximum absolute atomic E-state index is 13.0. The lowest BCUT2D eigenvalue weighted by atomic mass is 10.1. The van der Waals surface area contributed by atoms with Crippen LogP contribution in [0.15, 0.2) is 36.4 Å². The molecule has 0 bridgehead atoms. The van der Waals surface area contributed by atoms with E-state index in [2.05, 4.69) is 4.98 Å². The van der Waals surface area contributed by atoms with Gasteiger partial charge in [0.2, 0.25) is 0 Å². The topological polar surface area (TPSA) is 62.7 Å². The van der Waals surface area contributed by atoms with Gasteiger partial charge in [0.05, 0.1) is 12.2 Å². The molecule has 0 saturated carbocycles. The van der Waals surface area contributed by atoms with Crippen LogP contribution in [0, 0.1) is 12.8 Å². The number of anilines is 1. The molecule has 1 N–H and O–H groups in total. The summed E-state index contributed by atoms with van der Waals surface area (Å²) in [5, 5.41) is 9.14. The molecule has 0 radical (unpaired) electrons. The average Bonchev–Trinajstić information content (AvgIpc) is 3.08. The highest BCUT2D eigenvalue weighted by atomic mass is 19.4. The van der Waals surface area contributed by atoms with Gasteiger partial charge < -0.3 is 14.7 Å². The highest BCUT2D eigenvalue weighted by Crippen LogP contribution is 2.36. The number of rotatable bonds is 5. The van der Waals surface area contributed by atoms with Crippen LogP contribution in [0.25, 0.3) is 0 Å². The highest BCUT2D eigenvalue weighted by molar-refractivity contribution is 5.86. The maximum atomic E-state index is 13.0. The van der Waals surface area contributed by atoms with E-state index < -0.39 is 17.7 Å². The number of carboxylic acids is 1. The van der Waals surface area contributed by atoms with Gasteiger partial charge in [-0.3, -0.25) is 0 Å². The lowest BCUT2D eigenvalue weighted by Gasteiger charge is -2.19. The minimum absolute atomic E-state index is 0.0243. The van der Waals surface area contributed by atoms with Crippen LogP contribution in [0.3, 0.4) is 0 Å². The largest absolute Gasteiger partial charge is 0.493 e. The Hall–Kier alpha value is -2.77. The van der Waals surface area contributed by atoms with Gasteiger partial charge in [0.1, 0.15) is 11.6 Å². The molecule has 27 heavy (non-hydrogen) atoms. The average molecular weight is 380 g/mol. The van der Waals surface area contributed by atoms with E-state index in [4.69, 9.17) is 9.84 Å². The molecule has 1 atom stereocenters. The first-order chi connectivity index (χ1) is 12.7. The van der Waals surface area contributed by atoms with Crippen molar-refractivity contribution in [1.82, 2.24) is 4.98 Å². The zero-order chi connectivity index (χ0) is 19.6. The molecule has 3 rings (SSSR count). The van der Waals surface area contributed by atoms with Gasteiger partial charge in [0.15, 0.2) is 5.69 Å². The van der Waals surface area contributed by atoms with Crippen LogP contribution in [0.2, 0.25) is 0 Å². The van der Waals surface area contributed by atoms with Crippen molar-refractivity contribution in [3.8, 4) is 5.75 Å². The summed E-state index contributed by atoms with van der Waals surface area (Å²) in [6, 6.07) is 8.45. The number of para-hydroxylation sites is 1. The summed E-state index contributed by atoms with van der Waals surface area (Å²) < 4.78 is 44.5. The lowest BCUT2D eigenvalue weighted by Crippen LogP contribution is -2.23. The fraction of sp³-hybridized carbons (Fsp3) is 0.368. The predicted octanol–water partition coefficient (Wildman–Crippen LogP) is 4.01. The van der Waals surface area contributed by atoms with E-state index in [0.717, 1.165) is 18.1 Å². The molecule has 2 heterocycles. The fourth-order valence-electron chi connectivity index (χ4n) is 3.13. The number of benzene rings is 1. The third kappa shape index (κ3) is 4.50. The van der Waals surface area contributed by atoms with E-state index in [1.54, 1.807) is 13.0 Å². The molecule has 1 aliphatic rings. The van der Waals surface area contributed by atoms with Crippen molar-refractivity contribution in [3.05, 3.63) is 53.2 Å². The van der Waals surface area contributed by atoms with E-state index in [0.29, 0.717) is 18.9 Å².